The molecule has 1 aliphatic rings. The van der Waals surface area contributed by atoms with Crippen LogP contribution in [0.25, 0.3) is 11.0 Å². The number of likely N-dealkylation sites (tertiary alicyclic amines) is 1. The molecule has 4 rings (SSSR count). The number of para-hydroxylation sites is 1. The Labute approximate surface area is 167 Å². The van der Waals surface area contributed by atoms with Gasteiger partial charge in [0.15, 0.2) is 0 Å². The number of aliphatic hydroxyl groups excluding tert-OH is 1. The van der Waals surface area contributed by atoms with Gasteiger partial charge in [-0.05, 0) is 30.5 Å². The van der Waals surface area contributed by atoms with Crippen molar-refractivity contribution in [3.05, 3.63) is 72.1 Å². The van der Waals surface area contributed by atoms with E-state index in [2.05, 4.69) is 9.97 Å². The second-order valence-electron chi connectivity index (χ2n) is 7.38. The van der Waals surface area contributed by atoms with E-state index in [4.69, 9.17) is 0 Å². The summed E-state index contributed by atoms with van der Waals surface area (Å²) in [5.74, 6) is -1.41. The highest BCUT2D eigenvalue weighted by molar-refractivity contribution is 6.04. The van der Waals surface area contributed by atoms with Gasteiger partial charge in [-0.3, -0.25) is 19.6 Å². The van der Waals surface area contributed by atoms with Crippen molar-refractivity contribution in [3.8, 4) is 0 Å². The summed E-state index contributed by atoms with van der Waals surface area (Å²) in [6.07, 6.45) is 2.38. The molecule has 1 aromatic heterocycles. The summed E-state index contributed by atoms with van der Waals surface area (Å²) in [5.41, 5.74) is 0.801. The summed E-state index contributed by atoms with van der Waals surface area (Å²) in [7, 11) is 0. The van der Waals surface area contributed by atoms with Gasteiger partial charge in [-0.2, -0.15) is 0 Å². The first-order valence-corrected chi connectivity index (χ1v) is 9.46. The maximum absolute atomic E-state index is 13.3. The van der Waals surface area contributed by atoms with E-state index >= 15 is 0 Å². The minimum atomic E-state index is -1.47. The molecule has 1 fully saturated rings. The van der Waals surface area contributed by atoms with Crippen LogP contribution in [0.4, 0.5) is 0 Å². The SMILES string of the molecule is O=C(c1cccc2nccnc12)N1CC[C@H](O)[C@](Cc2ccccc2)(C(=O)O)C1. The molecule has 1 amide bonds. The predicted octanol–water partition coefficient (Wildman–Crippen LogP) is 2.15. The van der Waals surface area contributed by atoms with Crippen LogP contribution in [0.2, 0.25) is 0 Å². The standard InChI is InChI=1S/C22H21N3O4/c26-18-9-12-25(14-22(18,21(28)29)13-15-5-2-1-3-6-15)20(27)16-7-4-8-17-19(16)24-11-10-23-17/h1-8,10-11,18,26H,9,12-14H2,(H,28,29)/t18-,22+/m0/s1. The van der Waals surface area contributed by atoms with Crippen molar-refractivity contribution >= 4 is 22.9 Å². The Bertz CT molecular complexity index is 1050. The van der Waals surface area contributed by atoms with Gasteiger partial charge in [-0.1, -0.05) is 36.4 Å². The fraction of sp³-hybridized carbons (Fsp3) is 0.273. The normalized spacial score (nSPS) is 21.8. The Morgan fingerprint density at radius 3 is 2.59 bits per heavy atom. The van der Waals surface area contributed by atoms with Crippen molar-refractivity contribution in [1.29, 1.82) is 0 Å². The van der Waals surface area contributed by atoms with E-state index in [1.165, 1.54) is 11.1 Å². The van der Waals surface area contributed by atoms with Crippen LogP contribution in [0.15, 0.2) is 60.9 Å². The smallest absolute Gasteiger partial charge is 0.314 e. The van der Waals surface area contributed by atoms with Crippen LogP contribution in [0, 0.1) is 5.41 Å². The van der Waals surface area contributed by atoms with Gasteiger partial charge in [0, 0.05) is 25.5 Å². The number of hydrogen-bond acceptors (Lipinski definition) is 5. The molecule has 2 atom stereocenters. The summed E-state index contributed by atoms with van der Waals surface area (Å²) in [4.78, 5) is 35.6. The van der Waals surface area contributed by atoms with Gasteiger partial charge in [0.1, 0.15) is 10.9 Å². The van der Waals surface area contributed by atoms with Crippen LogP contribution < -0.4 is 0 Å². The maximum atomic E-state index is 13.3. The Morgan fingerprint density at radius 2 is 1.83 bits per heavy atom. The number of carboxylic acid groups (broad SMARTS) is 1. The molecular formula is C22H21N3O4. The van der Waals surface area contributed by atoms with E-state index in [9.17, 15) is 19.8 Å². The lowest BCUT2D eigenvalue weighted by molar-refractivity contribution is -0.161. The van der Waals surface area contributed by atoms with Crippen LogP contribution in [-0.2, 0) is 11.2 Å². The van der Waals surface area contributed by atoms with Crippen molar-refractivity contribution in [2.24, 2.45) is 5.41 Å². The van der Waals surface area contributed by atoms with E-state index in [0.29, 0.717) is 16.6 Å². The summed E-state index contributed by atoms with van der Waals surface area (Å²) in [5, 5.41) is 20.7. The largest absolute Gasteiger partial charge is 0.481 e. The van der Waals surface area contributed by atoms with E-state index in [0.717, 1.165) is 5.56 Å². The summed E-state index contributed by atoms with van der Waals surface area (Å²) < 4.78 is 0. The molecule has 2 aromatic carbocycles. The molecule has 0 unspecified atom stereocenters. The summed E-state index contributed by atoms with van der Waals surface area (Å²) >= 11 is 0. The van der Waals surface area contributed by atoms with Crippen molar-refractivity contribution < 1.29 is 19.8 Å². The molecule has 3 aromatic rings. The maximum Gasteiger partial charge on any atom is 0.314 e. The van der Waals surface area contributed by atoms with Gasteiger partial charge in [-0.25, -0.2) is 0 Å². The molecule has 0 bridgehead atoms. The van der Waals surface area contributed by atoms with Crippen LogP contribution in [0.5, 0.6) is 0 Å². The van der Waals surface area contributed by atoms with E-state index in [-0.39, 0.29) is 31.8 Å². The highest BCUT2D eigenvalue weighted by Crippen LogP contribution is 2.35. The molecule has 1 saturated heterocycles. The average Bonchev–Trinajstić information content (AvgIpc) is 2.75. The van der Waals surface area contributed by atoms with Crippen LogP contribution in [0.1, 0.15) is 22.3 Å². The first-order chi connectivity index (χ1) is 14.0. The Balaban J connectivity index is 1.68. The quantitative estimate of drug-likeness (QED) is 0.706. The number of amides is 1. The zero-order valence-corrected chi connectivity index (χ0v) is 15.7. The lowest BCUT2D eigenvalue weighted by Crippen LogP contribution is -2.58. The minimum Gasteiger partial charge on any atom is -0.481 e. The van der Waals surface area contributed by atoms with Crippen LogP contribution in [-0.4, -0.2) is 56.2 Å². The predicted molar refractivity (Wildman–Crippen MR) is 106 cm³/mol. The fourth-order valence-corrected chi connectivity index (χ4v) is 4.01. The zero-order valence-electron chi connectivity index (χ0n) is 15.7. The highest BCUT2D eigenvalue weighted by atomic mass is 16.4. The number of aromatic nitrogens is 2. The number of hydrogen-bond donors (Lipinski definition) is 2. The molecule has 29 heavy (non-hydrogen) atoms. The molecule has 2 N–H and O–H groups in total. The number of nitrogens with zero attached hydrogens (tertiary/aromatic N) is 3. The molecule has 0 radical (unpaired) electrons. The topological polar surface area (TPSA) is 104 Å². The van der Waals surface area contributed by atoms with Crippen molar-refractivity contribution in [1.82, 2.24) is 14.9 Å². The lowest BCUT2D eigenvalue weighted by Gasteiger charge is -2.43. The Hall–Kier alpha value is -3.32. The van der Waals surface area contributed by atoms with Crippen molar-refractivity contribution in [3.63, 3.8) is 0 Å². The molecule has 2 heterocycles. The minimum absolute atomic E-state index is 0.0755. The van der Waals surface area contributed by atoms with E-state index in [1.54, 1.807) is 24.4 Å². The van der Waals surface area contributed by atoms with Gasteiger partial charge in [0.25, 0.3) is 5.91 Å². The Kier molecular flexibility index (Phi) is 4.98. The van der Waals surface area contributed by atoms with Crippen molar-refractivity contribution in [2.45, 2.75) is 18.9 Å². The van der Waals surface area contributed by atoms with Gasteiger partial charge in [-0.15, -0.1) is 0 Å². The molecule has 7 nitrogen and oxygen atoms in total. The first-order valence-electron chi connectivity index (χ1n) is 9.46. The molecule has 0 spiro atoms. The number of piperidine rings is 1. The molecule has 0 aliphatic carbocycles. The van der Waals surface area contributed by atoms with Crippen LogP contribution >= 0.6 is 0 Å². The fourth-order valence-electron chi connectivity index (χ4n) is 4.01. The lowest BCUT2D eigenvalue weighted by atomic mass is 9.72. The second-order valence-corrected chi connectivity index (χ2v) is 7.38. The number of rotatable bonds is 4. The average molecular weight is 391 g/mol. The number of carboxylic acids is 1. The second kappa shape index (κ2) is 7.60. The third-order valence-corrected chi connectivity index (χ3v) is 5.59. The number of aliphatic carboxylic acids is 1. The molecule has 148 valence electrons. The number of fused-ring (bicyclic) bond motifs is 1. The third-order valence-electron chi connectivity index (χ3n) is 5.59. The summed E-state index contributed by atoms with van der Waals surface area (Å²) in [6, 6.07) is 14.4. The van der Waals surface area contributed by atoms with Gasteiger partial charge in [0.2, 0.25) is 0 Å². The van der Waals surface area contributed by atoms with Gasteiger partial charge < -0.3 is 15.1 Å². The van der Waals surface area contributed by atoms with Crippen molar-refractivity contribution in [2.75, 3.05) is 13.1 Å². The monoisotopic (exact) mass is 391 g/mol. The number of aliphatic hydroxyl groups is 1. The molecule has 1 aliphatic heterocycles. The molecule has 0 saturated carbocycles. The van der Waals surface area contributed by atoms with Crippen LogP contribution in [0.3, 0.4) is 0 Å². The van der Waals surface area contributed by atoms with E-state index < -0.39 is 17.5 Å². The third kappa shape index (κ3) is 3.45. The zero-order chi connectivity index (χ0) is 20.4. The van der Waals surface area contributed by atoms with E-state index in [1.807, 2.05) is 30.3 Å². The molecular weight excluding hydrogens is 370 g/mol. The molecule has 7 heteroatoms. The number of carbonyl (C=O) groups excluding carboxylic acids is 1. The van der Waals surface area contributed by atoms with Gasteiger partial charge >= 0.3 is 5.97 Å². The Morgan fingerprint density at radius 1 is 1.07 bits per heavy atom. The first kappa shape index (κ1) is 19.0. The summed E-state index contributed by atoms with van der Waals surface area (Å²) in [6.45, 7) is 0.203. The van der Waals surface area contributed by atoms with Gasteiger partial charge in [0.05, 0.1) is 17.2 Å². The highest BCUT2D eigenvalue weighted by Gasteiger charge is 2.50. The number of benzene rings is 2. The number of carbonyl (C=O) groups is 2.